The maximum absolute atomic E-state index is 13.8. The Morgan fingerprint density at radius 2 is 2.00 bits per heavy atom. The lowest BCUT2D eigenvalue weighted by Gasteiger charge is -2.33. The number of nitrogens with zero attached hydrogens (tertiary/aromatic N) is 2. The monoisotopic (exact) mass is 376 g/mol. The van der Waals surface area contributed by atoms with Crippen LogP contribution in [0.25, 0.3) is 0 Å². The van der Waals surface area contributed by atoms with Gasteiger partial charge >= 0.3 is 5.97 Å². The number of ether oxygens (including phenoxy) is 1. The lowest BCUT2D eigenvalue weighted by atomic mass is 9.96. The van der Waals surface area contributed by atoms with Crippen molar-refractivity contribution in [3.8, 4) is 0 Å². The second kappa shape index (κ2) is 8.50. The number of benzene rings is 1. The average Bonchev–Trinajstić information content (AvgIpc) is 3.04. The topological polar surface area (TPSA) is 66.9 Å². The number of amides is 2. The lowest BCUT2D eigenvalue weighted by molar-refractivity contribution is -0.152. The molecule has 0 spiro atoms. The van der Waals surface area contributed by atoms with Gasteiger partial charge in [0, 0.05) is 38.2 Å². The van der Waals surface area contributed by atoms with Gasteiger partial charge in [-0.05, 0) is 25.8 Å². The van der Waals surface area contributed by atoms with E-state index < -0.39 is 5.92 Å². The zero-order valence-corrected chi connectivity index (χ0v) is 15.5. The van der Waals surface area contributed by atoms with E-state index in [0.29, 0.717) is 31.7 Å². The number of carbonyl (C=O) groups is 3. The van der Waals surface area contributed by atoms with Crippen LogP contribution < -0.4 is 0 Å². The Balaban J connectivity index is 1.60. The van der Waals surface area contributed by atoms with Crippen LogP contribution in [0.1, 0.15) is 31.7 Å². The Morgan fingerprint density at radius 3 is 2.74 bits per heavy atom. The van der Waals surface area contributed by atoms with E-state index in [1.165, 1.54) is 11.0 Å². The molecule has 2 aliphatic heterocycles. The van der Waals surface area contributed by atoms with Gasteiger partial charge in [-0.15, -0.1) is 0 Å². The Labute approximate surface area is 158 Å². The molecule has 6 nitrogen and oxygen atoms in total. The highest BCUT2D eigenvalue weighted by Gasteiger charge is 2.38. The van der Waals surface area contributed by atoms with E-state index in [-0.39, 0.29) is 49.0 Å². The molecule has 2 atom stereocenters. The highest BCUT2D eigenvalue weighted by Crippen LogP contribution is 2.26. The summed E-state index contributed by atoms with van der Waals surface area (Å²) in [5, 5.41) is 0. The van der Waals surface area contributed by atoms with E-state index in [1.807, 2.05) is 0 Å². The van der Waals surface area contributed by atoms with Gasteiger partial charge in [0.2, 0.25) is 11.8 Å². The van der Waals surface area contributed by atoms with Gasteiger partial charge in [-0.1, -0.05) is 18.2 Å². The van der Waals surface area contributed by atoms with E-state index in [9.17, 15) is 18.8 Å². The molecule has 27 heavy (non-hydrogen) atoms. The molecule has 0 radical (unpaired) electrons. The van der Waals surface area contributed by atoms with Crippen molar-refractivity contribution in [3.05, 3.63) is 35.6 Å². The minimum Gasteiger partial charge on any atom is -0.466 e. The standard InChI is InChI=1S/C20H25FN2O4/c1-2-27-20(26)15-7-5-9-22(12-15)19(25)16-10-18(24)23(13-16)11-14-6-3-4-8-17(14)21/h3-4,6,8,15-16H,2,5,7,9-13H2,1H3. The number of halogens is 1. The molecular weight excluding hydrogens is 351 g/mol. The summed E-state index contributed by atoms with van der Waals surface area (Å²) in [6.45, 7) is 3.47. The third kappa shape index (κ3) is 4.46. The van der Waals surface area contributed by atoms with Crippen molar-refractivity contribution in [2.75, 3.05) is 26.2 Å². The minimum absolute atomic E-state index is 0.103. The predicted molar refractivity (Wildman–Crippen MR) is 95.9 cm³/mol. The molecule has 2 aliphatic rings. The van der Waals surface area contributed by atoms with Crippen LogP contribution in [-0.2, 0) is 25.7 Å². The summed E-state index contributed by atoms with van der Waals surface area (Å²) in [6, 6.07) is 6.34. The molecule has 0 N–H and O–H groups in total. The van der Waals surface area contributed by atoms with Gasteiger partial charge in [0.15, 0.2) is 0 Å². The molecule has 7 heteroatoms. The summed E-state index contributed by atoms with van der Waals surface area (Å²) in [5.74, 6) is -1.60. The van der Waals surface area contributed by atoms with Gasteiger partial charge in [0.1, 0.15) is 5.82 Å². The first-order chi connectivity index (χ1) is 13.0. The van der Waals surface area contributed by atoms with Crippen molar-refractivity contribution in [1.29, 1.82) is 0 Å². The zero-order valence-electron chi connectivity index (χ0n) is 15.5. The van der Waals surface area contributed by atoms with Crippen LogP contribution in [0.3, 0.4) is 0 Å². The second-order valence-corrected chi connectivity index (χ2v) is 7.14. The van der Waals surface area contributed by atoms with Crippen molar-refractivity contribution in [2.24, 2.45) is 11.8 Å². The first kappa shape index (κ1) is 19.3. The van der Waals surface area contributed by atoms with Gasteiger partial charge < -0.3 is 14.5 Å². The second-order valence-electron chi connectivity index (χ2n) is 7.14. The molecule has 2 unspecified atom stereocenters. The molecular formula is C20H25FN2O4. The van der Waals surface area contributed by atoms with Gasteiger partial charge in [-0.3, -0.25) is 14.4 Å². The Bertz CT molecular complexity index is 724. The first-order valence-corrected chi connectivity index (χ1v) is 9.46. The molecule has 3 rings (SSSR count). The molecule has 2 saturated heterocycles. The highest BCUT2D eigenvalue weighted by atomic mass is 19.1. The van der Waals surface area contributed by atoms with Crippen LogP contribution in [0.2, 0.25) is 0 Å². The summed E-state index contributed by atoms with van der Waals surface area (Å²) >= 11 is 0. The summed E-state index contributed by atoms with van der Waals surface area (Å²) in [4.78, 5) is 40.3. The lowest BCUT2D eigenvalue weighted by Crippen LogP contribution is -2.45. The fourth-order valence-electron chi connectivity index (χ4n) is 3.81. The van der Waals surface area contributed by atoms with Crippen molar-refractivity contribution in [2.45, 2.75) is 32.7 Å². The number of rotatable bonds is 5. The maximum atomic E-state index is 13.8. The normalized spacial score (nSPS) is 22.8. The largest absolute Gasteiger partial charge is 0.466 e. The smallest absolute Gasteiger partial charge is 0.310 e. The predicted octanol–water partition coefficient (Wildman–Crippen LogP) is 1.98. The van der Waals surface area contributed by atoms with Gasteiger partial charge in [0.05, 0.1) is 18.4 Å². The molecule has 2 heterocycles. The fourth-order valence-corrected chi connectivity index (χ4v) is 3.81. The molecule has 1 aromatic carbocycles. The highest BCUT2D eigenvalue weighted by molar-refractivity contribution is 5.89. The first-order valence-electron chi connectivity index (χ1n) is 9.46. The summed E-state index contributed by atoms with van der Waals surface area (Å²) in [5.41, 5.74) is 0.444. The van der Waals surface area contributed by atoms with Crippen LogP contribution in [0.4, 0.5) is 4.39 Å². The van der Waals surface area contributed by atoms with Crippen molar-refractivity contribution < 1.29 is 23.5 Å². The summed E-state index contributed by atoms with van der Waals surface area (Å²) in [7, 11) is 0. The SMILES string of the molecule is CCOC(=O)C1CCCN(C(=O)C2CC(=O)N(Cc3ccccc3F)C2)C1. The molecule has 1 aromatic rings. The third-order valence-electron chi connectivity index (χ3n) is 5.24. The molecule has 0 aromatic heterocycles. The average molecular weight is 376 g/mol. The van der Waals surface area contributed by atoms with E-state index in [4.69, 9.17) is 4.74 Å². The number of piperidine rings is 1. The molecule has 2 fully saturated rings. The Morgan fingerprint density at radius 1 is 1.22 bits per heavy atom. The van der Waals surface area contributed by atoms with Gasteiger partial charge in [-0.2, -0.15) is 0 Å². The molecule has 0 saturated carbocycles. The molecule has 146 valence electrons. The number of likely N-dealkylation sites (tertiary alicyclic amines) is 2. The van der Waals surface area contributed by atoms with Gasteiger partial charge in [-0.25, -0.2) is 4.39 Å². The third-order valence-corrected chi connectivity index (χ3v) is 5.24. The van der Waals surface area contributed by atoms with Crippen LogP contribution in [-0.4, -0.2) is 53.8 Å². The minimum atomic E-state index is -0.440. The number of carbonyl (C=O) groups excluding carboxylic acids is 3. The Kier molecular flexibility index (Phi) is 6.08. The Hall–Kier alpha value is -2.44. The van der Waals surface area contributed by atoms with E-state index in [1.54, 1.807) is 30.0 Å². The molecule has 0 bridgehead atoms. The quantitative estimate of drug-likeness (QED) is 0.737. The zero-order chi connectivity index (χ0) is 19.4. The maximum Gasteiger partial charge on any atom is 0.310 e. The van der Waals surface area contributed by atoms with Crippen LogP contribution in [0.15, 0.2) is 24.3 Å². The van der Waals surface area contributed by atoms with Gasteiger partial charge in [0.25, 0.3) is 0 Å². The van der Waals surface area contributed by atoms with Crippen LogP contribution in [0, 0.1) is 17.7 Å². The number of hydrogen-bond donors (Lipinski definition) is 0. The van der Waals surface area contributed by atoms with Crippen LogP contribution >= 0.6 is 0 Å². The van der Waals surface area contributed by atoms with Crippen molar-refractivity contribution >= 4 is 17.8 Å². The summed E-state index contributed by atoms with van der Waals surface area (Å²) in [6.07, 6.45) is 1.59. The van der Waals surface area contributed by atoms with E-state index >= 15 is 0 Å². The molecule has 2 amide bonds. The van der Waals surface area contributed by atoms with Crippen molar-refractivity contribution in [3.63, 3.8) is 0 Å². The van der Waals surface area contributed by atoms with E-state index in [2.05, 4.69) is 0 Å². The van der Waals surface area contributed by atoms with Crippen LogP contribution in [0.5, 0.6) is 0 Å². The van der Waals surface area contributed by atoms with Crippen molar-refractivity contribution in [1.82, 2.24) is 9.80 Å². The molecule has 0 aliphatic carbocycles. The summed E-state index contributed by atoms with van der Waals surface area (Å²) < 4.78 is 18.9. The number of hydrogen-bond acceptors (Lipinski definition) is 4. The fraction of sp³-hybridized carbons (Fsp3) is 0.550. The van der Waals surface area contributed by atoms with E-state index in [0.717, 1.165) is 6.42 Å². The number of esters is 1.